The van der Waals surface area contributed by atoms with E-state index in [1.54, 1.807) is 13.0 Å². The van der Waals surface area contributed by atoms with E-state index in [0.29, 0.717) is 5.75 Å². The first-order valence-corrected chi connectivity index (χ1v) is 8.20. The highest BCUT2D eigenvalue weighted by atomic mass is 16.5. The fourth-order valence-electron chi connectivity index (χ4n) is 2.35. The van der Waals surface area contributed by atoms with Gasteiger partial charge in [0.15, 0.2) is 6.10 Å². The lowest BCUT2D eigenvalue weighted by atomic mass is 10.1. The number of carbonyl (C=O) groups is 3. The van der Waals surface area contributed by atoms with Crippen molar-refractivity contribution in [1.82, 2.24) is 0 Å². The van der Waals surface area contributed by atoms with Crippen LogP contribution in [0.2, 0.25) is 0 Å². The summed E-state index contributed by atoms with van der Waals surface area (Å²) in [5.74, 6) is -1.12. The third-order valence-electron chi connectivity index (χ3n) is 3.81. The summed E-state index contributed by atoms with van der Waals surface area (Å²) in [6, 6.07) is 11.5. The van der Waals surface area contributed by atoms with Gasteiger partial charge >= 0.3 is 11.9 Å². The zero-order valence-corrected chi connectivity index (χ0v) is 15.6. The van der Waals surface area contributed by atoms with Crippen LogP contribution in [0.3, 0.4) is 0 Å². The minimum atomic E-state index is -0.797. The molecule has 1 amide bonds. The van der Waals surface area contributed by atoms with Crippen LogP contribution in [0.5, 0.6) is 5.75 Å². The molecular formula is C20H21NO6. The van der Waals surface area contributed by atoms with Gasteiger partial charge < -0.3 is 19.5 Å². The normalized spacial score (nSPS) is 11.3. The van der Waals surface area contributed by atoms with Crippen molar-refractivity contribution in [2.75, 3.05) is 19.5 Å². The highest BCUT2D eigenvalue weighted by Crippen LogP contribution is 2.20. The Morgan fingerprint density at radius 3 is 2.00 bits per heavy atom. The number of esters is 2. The Hall–Kier alpha value is -3.35. The number of hydrogen-bond acceptors (Lipinski definition) is 6. The molecule has 0 spiro atoms. The van der Waals surface area contributed by atoms with Gasteiger partial charge in [0, 0.05) is 5.69 Å². The number of rotatable bonds is 6. The maximum atomic E-state index is 12.5. The predicted octanol–water partition coefficient (Wildman–Crippen LogP) is 2.97. The van der Waals surface area contributed by atoms with E-state index in [9.17, 15) is 14.4 Å². The maximum absolute atomic E-state index is 12.5. The summed E-state index contributed by atoms with van der Waals surface area (Å²) in [4.78, 5) is 36.1. The van der Waals surface area contributed by atoms with Crippen molar-refractivity contribution in [2.45, 2.75) is 20.0 Å². The molecule has 0 saturated carbocycles. The Balaban J connectivity index is 2.21. The molecular weight excluding hydrogens is 350 g/mol. The van der Waals surface area contributed by atoms with Crippen LogP contribution in [0.1, 0.15) is 33.2 Å². The van der Waals surface area contributed by atoms with E-state index in [1.807, 2.05) is 25.1 Å². The van der Waals surface area contributed by atoms with Crippen LogP contribution in [-0.2, 0) is 14.3 Å². The maximum Gasteiger partial charge on any atom is 0.337 e. The smallest absolute Gasteiger partial charge is 0.337 e. The van der Waals surface area contributed by atoms with E-state index >= 15 is 0 Å². The number of para-hydroxylation sites is 1. The molecule has 142 valence electrons. The third-order valence-corrected chi connectivity index (χ3v) is 3.81. The van der Waals surface area contributed by atoms with Crippen molar-refractivity contribution >= 4 is 23.5 Å². The molecule has 0 aliphatic carbocycles. The Labute approximate surface area is 157 Å². The molecule has 1 N–H and O–H groups in total. The monoisotopic (exact) mass is 371 g/mol. The zero-order chi connectivity index (χ0) is 20.0. The number of hydrogen-bond donors (Lipinski definition) is 1. The van der Waals surface area contributed by atoms with E-state index in [1.165, 1.54) is 32.4 Å². The second-order valence-corrected chi connectivity index (χ2v) is 5.80. The molecule has 0 aromatic heterocycles. The van der Waals surface area contributed by atoms with E-state index in [4.69, 9.17) is 4.74 Å². The van der Waals surface area contributed by atoms with Gasteiger partial charge in [0.25, 0.3) is 5.91 Å². The minimum Gasteiger partial charge on any atom is -0.481 e. The number of nitrogens with one attached hydrogen (secondary N) is 1. The summed E-state index contributed by atoms with van der Waals surface area (Å²) < 4.78 is 15.0. The summed E-state index contributed by atoms with van der Waals surface area (Å²) in [7, 11) is 2.45. The first-order chi connectivity index (χ1) is 12.8. The van der Waals surface area contributed by atoms with Crippen LogP contribution in [0.25, 0.3) is 0 Å². The fraction of sp³-hybridized carbons (Fsp3) is 0.250. The Kier molecular flexibility index (Phi) is 6.54. The summed E-state index contributed by atoms with van der Waals surface area (Å²) >= 11 is 0. The average molecular weight is 371 g/mol. The molecule has 7 nitrogen and oxygen atoms in total. The van der Waals surface area contributed by atoms with E-state index in [0.717, 1.165) is 5.56 Å². The zero-order valence-electron chi connectivity index (χ0n) is 15.6. The summed E-state index contributed by atoms with van der Waals surface area (Å²) in [6.07, 6.45) is -0.797. The molecule has 0 unspecified atom stereocenters. The molecule has 0 saturated heterocycles. The van der Waals surface area contributed by atoms with Gasteiger partial charge in [-0.15, -0.1) is 0 Å². The number of anilines is 1. The molecule has 2 aromatic carbocycles. The molecule has 0 fully saturated rings. The highest BCUT2D eigenvalue weighted by Gasteiger charge is 2.19. The van der Waals surface area contributed by atoms with Gasteiger partial charge in [-0.1, -0.05) is 18.2 Å². The first kappa shape index (κ1) is 20.0. The van der Waals surface area contributed by atoms with Crippen molar-refractivity contribution in [3.05, 3.63) is 59.2 Å². The molecule has 0 aliphatic heterocycles. The quantitative estimate of drug-likeness (QED) is 0.785. The SMILES string of the molecule is COC(=O)c1cc(NC(=O)[C@@H](C)Oc2ccccc2C)cc(C(=O)OC)c1. The molecule has 0 heterocycles. The van der Waals surface area contributed by atoms with Crippen molar-refractivity contribution in [1.29, 1.82) is 0 Å². The molecule has 0 bridgehead atoms. The lowest BCUT2D eigenvalue weighted by Gasteiger charge is -2.16. The van der Waals surface area contributed by atoms with Crippen LogP contribution < -0.4 is 10.1 Å². The highest BCUT2D eigenvalue weighted by molar-refractivity contribution is 6.00. The molecule has 1 atom stereocenters. The van der Waals surface area contributed by atoms with Gasteiger partial charge in [-0.05, 0) is 43.7 Å². The Morgan fingerprint density at radius 1 is 0.926 bits per heavy atom. The molecule has 2 aromatic rings. The van der Waals surface area contributed by atoms with E-state index in [2.05, 4.69) is 14.8 Å². The molecule has 0 aliphatic rings. The van der Waals surface area contributed by atoms with Crippen molar-refractivity contribution in [3.8, 4) is 5.75 Å². The van der Waals surface area contributed by atoms with Gasteiger partial charge in [0.1, 0.15) is 5.75 Å². The first-order valence-electron chi connectivity index (χ1n) is 8.20. The standard InChI is InChI=1S/C20H21NO6/c1-12-7-5-6-8-17(12)27-13(2)18(22)21-16-10-14(19(23)25-3)9-15(11-16)20(24)26-4/h5-11,13H,1-4H3,(H,21,22)/t13-/m1/s1. The second kappa shape index (κ2) is 8.84. The predicted molar refractivity (Wildman–Crippen MR) is 99.0 cm³/mol. The van der Waals surface area contributed by atoms with Gasteiger partial charge in [-0.3, -0.25) is 4.79 Å². The molecule has 2 rings (SSSR count). The largest absolute Gasteiger partial charge is 0.481 e. The molecule has 7 heteroatoms. The van der Waals surface area contributed by atoms with Crippen LogP contribution in [0.4, 0.5) is 5.69 Å². The number of benzene rings is 2. The topological polar surface area (TPSA) is 90.9 Å². The Bertz CT molecular complexity index is 827. The van der Waals surface area contributed by atoms with Gasteiger partial charge in [-0.25, -0.2) is 9.59 Å². The van der Waals surface area contributed by atoms with Crippen LogP contribution in [0.15, 0.2) is 42.5 Å². The van der Waals surface area contributed by atoms with E-state index < -0.39 is 23.9 Å². The number of amides is 1. The van der Waals surface area contributed by atoms with Crippen molar-refractivity contribution < 1.29 is 28.6 Å². The summed E-state index contributed by atoms with van der Waals surface area (Å²) in [6.45, 7) is 3.48. The van der Waals surface area contributed by atoms with Gasteiger partial charge in [0.05, 0.1) is 25.3 Å². The number of methoxy groups -OCH3 is 2. The number of ether oxygens (including phenoxy) is 3. The summed E-state index contributed by atoms with van der Waals surface area (Å²) in [5.41, 5.74) is 1.38. The van der Waals surface area contributed by atoms with Crippen molar-refractivity contribution in [2.24, 2.45) is 0 Å². The van der Waals surface area contributed by atoms with Crippen LogP contribution >= 0.6 is 0 Å². The second-order valence-electron chi connectivity index (χ2n) is 5.80. The summed E-state index contributed by atoms with van der Waals surface area (Å²) in [5, 5.41) is 2.64. The Morgan fingerprint density at radius 2 is 1.48 bits per heavy atom. The molecule has 27 heavy (non-hydrogen) atoms. The number of aryl methyl sites for hydroxylation is 1. The third kappa shape index (κ3) is 5.07. The number of carbonyl (C=O) groups excluding carboxylic acids is 3. The van der Waals surface area contributed by atoms with Gasteiger partial charge in [-0.2, -0.15) is 0 Å². The fourth-order valence-corrected chi connectivity index (χ4v) is 2.35. The van der Waals surface area contributed by atoms with Gasteiger partial charge in [0.2, 0.25) is 0 Å². The lowest BCUT2D eigenvalue weighted by Crippen LogP contribution is -2.30. The minimum absolute atomic E-state index is 0.114. The van der Waals surface area contributed by atoms with Crippen molar-refractivity contribution in [3.63, 3.8) is 0 Å². The molecule has 0 radical (unpaired) electrons. The van der Waals surface area contributed by atoms with E-state index in [-0.39, 0.29) is 16.8 Å². The lowest BCUT2D eigenvalue weighted by molar-refractivity contribution is -0.122. The van der Waals surface area contributed by atoms with Crippen LogP contribution in [-0.4, -0.2) is 38.2 Å². The van der Waals surface area contributed by atoms with Crippen LogP contribution in [0, 0.1) is 6.92 Å². The average Bonchev–Trinajstić information content (AvgIpc) is 2.67.